The summed E-state index contributed by atoms with van der Waals surface area (Å²) in [6.07, 6.45) is 1.35. The SMILES string of the molecule is Cc1cc(Cn2c(=O)c3cc(S(=O)(=O)NC4(C)CC4)ccc3n(C(F)F)c2=O)on1. The van der Waals surface area contributed by atoms with E-state index in [-0.39, 0.29) is 26.1 Å². The summed E-state index contributed by atoms with van der Waals surface area (Å²) in [5, 5.41) is 3.32. The molecule has 0 bridgehead atoms. The van der Waals surface area contributed by atoms with Crippen LogP contribution < -0.4 is 16.0 Å². The molecule has 1 aromatic carbocycles. The molecule has 2 aromatic heterocycles. The lowest BCUT2D eigenvalue weighted by Crippen LogP contribution is -2.41. The molecule has 0 aliphatic heterocycles. The van der Waals surface area contributed by atoms with Gasteiger partial charge in [-0.1, -0.05) is 5.16 Å². The number of nitrogens with zero attached hydrogens (tertiary/aromatic N) is 3. The molecule has 0 amide bonds. The molecule has 12 heteroatoms. The van der Waals surface area contributed by atoms with Gasteiger partial charge in [0.05, 0.1) is 28.0 Å². The average molecular weight is 440 g/mol. The molecule has 0 spiro atoms. The second-order valence-electron chi connectivity index (χ2n) is 7.60. The fraction of sp³-hybridized carbons (Fsp3) is 0.389. The molecule has 0 saturated heterocycles. The second kappa shape index (κ2) is 6.84. The molecule has 30 heavy (non-hydrogen) atoms. The summed E-state index contributed by atoms with van der Waals surface area (Å²) in [7, 11) is -3.98. The topological polar surface area (TPSA) is 116 Å². The van der Waals surface area contributed by atoms with Crippen LogP contribution in [-0.4, -0.2) is 28.2 Å². The predicted octanol–water partition coefficient (Wildman–Crippen LogP) is 1.73. The van der Waals surface area contributed by atoms with Crippen molar-refractivity contribution in [1.29, 1.82) is 0 Å². The summed E-state index contributed by atoms with van der Waals surface area (Å²) in [6, 6.07) is 4.60. The average Bonchev–Trinajstić information content (AvgIpc) is 3.22. The molecule has 4 rings (SSSR count). The van der Waals surface area contributed by atoms with Gasteiger partial charge in [-0.3, -0.25) is 9.36 Å². The van der Waals surface area contributed by atoms with E-state index in [0.717, 1.165) is 18.2 Å². The van der Waals surface area contributed by atoms with Crippen LogP contribution in [0.15, 0.2) is 43.3 Å². The van der Waals surface area contributed by atoms with Crippen LogP contribution in [0.1, 0.15) is 37.8 Å². The van der Waals surface area contributed by atoms with Crippen LogP contribution in [0.5, 0.6) is 0 Å². The quantitative estimate of drug-likeness (QED) is 0.624. The summed E-state index contributed by atoms with van der Waals surface area (Å²) in [4.78, 5) is 25.3. The van der Waals surface area contributed by atoms with E-state index in [9.17, 15) is 26.8 Å². The van der Waals surface area contributed by atoms with E-state index in [2.05, 4.69) is 9.88 Å². The Morgan fingerprint density at radius 1 is 1.27 bits per heavy atom. The van der Waals surface area contributed by atoms with Gasteiger partial charge >= 0.3 is 12.2 Å². The van der Waals surface area contributed by atoms with Gasteiger partial charge < -0.3 is 4.52 Å². The maximum absolute atomic E-state index is 13.7. The molecule has 0 radical (unpaired) electrons. The highest BCUT2D eigenvalue weighted by atomic mass is 32.2. The molecule has 1 N–H and O–H groups in total. The largest absolute Gasteiger partial charge is 0.359 e. The number of hydrogen-bond donors (Lipinski definition) is 1. The molecule has 0 unspecified atom stereocenters. The van der Waals surface area contributed by atoms with Crippen LogP contribution in [0.25, 0.3) is 10.9 Å². The number of aryl methyl sites for hydroxylation is 1. The molecule has 2 heterocycles. The highest BCUT2D eigenvalue weighted by Crippen LogP contribution is 2.36. The van der Waals surface area contributed by atoms with Gasteiger partial charge in [0.1, 0.15) is 0 Å². The Morgan fingerprint density at radius 3 is 2.53 bits per heavy atom. The highest BCUT2D eigenvalue weighted by molar-refractivity contribution is 7.89. The lowest BCUT2D eigenvalue weighted by molar-refractivity contribution is 0.0682. The van der Waals surface area contributed by atoms with Crippen molar-refractivity contribution in [2.24, 2.45) is 0 Å². The zero-order valence-electron chi connectivity index (χ0n) is 16.1. The van der Waals surface area contributed by atoms with Crippen molar-refractivity contribution in [3.05, 3.63) is 56.6 Å². The molecule has 160 valence electrons. The van der Waals surface area contributed by atoms with Crippen molar-refractivity contribution >= 4 is 20.9 Å². The Kier molecular flexibility index (Phi) is 4.66. The Morgan fingerprint density at radius 2 is 1.97 bits per heavy atom. The van der Waals surface area contributed by atoms with E-state index in [1.165, 1.54) is 6.07 Å². The fourth-order valence-corrected chi connectivity index (χ4v) is 4.67. The summed E-state index contributed by atoms with van der Waals surface area (Å²) in [6.45, 7) is -0.298. The Hall–Kier alpha value is -2.86. The third-order valence-electron chi connectivity index (χ3n) is 5.02. The van der Waals surface area contributed by atoms with E-state index >= 15 is 0 Å². The van der Waals surface area contributed by atoms with Crippen molar-refractivity contribution in [3.63, 3.8) is 0 Å². The molecular weight excluding hydrogens is 422 g/mol. The summed E-state index contributed by atoms with van der Waals surface area (Å²) in [5.74, 6) is 0.124. The minimum absolute atomic E-state index is 0.124. The number of sulfonamides is 1. The molecule has 1 aliphatic carbocycles. The van der Waals surface area contributed by atoms with Crippen molar-refractivity contribution in [2.75, 3.05) is 0 Å². The van der Waals surface area contributed by atoms with Crippen LogP contribution in [0, 0.1) is 6.92 Å². The third-order valence-corrected chi connectivity index (χ3v) is 6.65. The predicted molar refractivity (Wildman–Crippen MR) is 102 cm³/mol. The first-order chi connectivity index (χ1) is 14.0. The van der Waals surface area contributed by atoms with Crippen molar-refractivity contribution in [2.45, 2.75) is 50.2 Å². The molecule has 3 aromatic rings. The van der Waals surface area contributed by atoms with Gasteiger partial charge in [-0.25, -0.2) is 22.5 Å². The Labute approximate surface area is 169 Å². The monoisotopic (exact) mass is 440 g/mol. The van der Waals surface area contributed by atoms with Crippen LogP contribution in [-0.2, 0) is 16.6 Å². The molecular formula is C18H18F2N4O5S. The van der Waals surface area contributed by atoms with Crippen LogP contribution in [0.2, 0.25) is 0 Å². The van der Waals surface area contributed by atoms with Crippen molar-refractivity contribution in [3.8, 4) is 0 Å². The molecule has 1 fully saturated rings. The number of rotatable bonds is 6. The summed E-state index contributed by atoms with van der Waals surface area (Å²) < 4.78 is 60.8. The highest BCUT2D eigenvalue weighted by Gasteiger charge is 2.41. The number of alkyl halides is 2. The maximum Gasteiger partial charge on any atom is 0.336 e. The van der Waals surface area contributed by atoms with Crippen LogP contribution in [0.4, 0.5) is 8.78 Å². The van der Waals surface area contributed by atoms with Crippen molar-refractivity contribution < 1.29 is 21.7 Å². The van der Waals surface area contributed by atoms with E-state index in [4.69, 9.17) is 4.52 Å². The second-order valence-corrected chi connectivity index (χ2v) is 9.28. The number of hydrogen-bond acceptors (Lipinski definition) is 6. The lowest BCUT2D eigenvalue weighted by Gasteiger charge is -2.15. The smallest absolute Gasteiger partial charge is 0.336 e. The van der Waals surface area contributed by atoms with Gasteiger partial charge in [-0.05, 0) is 44.9 Å². The maximum atomic E-state index is 13.7. The normalized spacial score (nSPS) is 15.8. The van der Waals surface area contributed by atoms with Gasteiger partial charge in [-0.15, -0.1) is 0 Å². The Balaban J connectivity index is 1.92. The zero-order valence-corrected chi connectivity index (χ0v) is 16.9. The number of benzene rings is 1. The van der Waals surface area contributed by atoms with Gasteiger partial charge in [0.2, 0.25) is 10.0 Å². The summed E-state index contributed by atoms with van der Waals surface area (Å²) in [5.41, 5.74) is -2.58. The van der Waals surface area contributed by atoms with E-state index in [1.807, 2.05) is 0 Å². The fourth-order valence-electron chi connectivity index (χ4n) is 3.18. The first kappa shape index (κ1) is 20.4. The number of halogens is 2. The van der Waals surface area contributed by atoms with Gasteiger partial charge in [0.15, 0.2) is 5.76 Å². The third kappa shape index (κ3) is 3.56. The minimum atomic E-state index is -3.98. The first-order valence-electron chi connectivity index (χ1n) is 9.04. The lowest BCUT2D eigenvalue weighted by atomic mass is 10.2. The van der Waals surface area contributed by atoms with Crippen LogP contribution in [0.3, 0.4) is 0 Å². The van der Waals surface area contributed by atoms with Crippen LogP contribution >= 0.6 is 0 Å². The molecule has 1 aliphatic rings. The standard InChI is InChI=1S/C18H18F2N4O5S/c1-10-7-11(29-21-10)9-23-15(25)13-8-12(30(27,28)22-18(2)5-6-18)3-4-14(13)24(16(19)20)17(23)26/h3-4,7-8,16,22H,5-6,9H2,1-2H3. The zero-order chi connectivity index (χ0) is 21.8. The van der Waals surface area contributed by atoms with Crippen molar-refractivity contribution in [1.82, 2.24) is 19.0 Å². The first-order valence-corrected chi connectivity index (χ1v) is 10.5. The minimum Gasteiger partial charge on any atom is -0.359 e. The van der Waals surface area contributed by atoms with E-state index < -0.39 is 39.9 Å². The molecule has 0 atom stereocenters. The number of nitrogens with one attached hydrogen (secondary N) is 1. The van der Waals surface area contributed by atoms with Gasteiger partial charge in [0.25, 0.3) is 5.56 Å². The van der Waals surface area contributed by atoms with Gasteiger partial charge in [0, 0.05) is 11.6 Å². The summed E-state index contributed by atoms with van der Waals surface area (Å²) >= 11 is 0. The number of fused-ring (bicyclic) bond motifs is 1. The van der Waals surface area contributed by atoms with E-state index in [0.29, 0.717) is 23.1 Å². The van der Waals surface area contributed by atoms with E-state index in [1.54, 1.807) is 13.8 Å². The molecule has 9 nitrogen and oxygen atoms in total. The van der Waals surface area contributed by atoms with Gasteiger partial charge in [-0.2, -0.15) is 8.78 Å². The Bertz CT molecular complexity index is 1370. The molecule has 1 saturated carbocycles. The number of aromatic nitrogens is 3.